The van der Waals surface area contributed by atoms with E-state index in [1.165, 1.54) is 41.8 Å². The van der Waals surface area contributed by atoms with E-state index in [1.807, 2.05) is 12.2 Å². The molecule has 4 nitrogen and oxygen atoms in total. The molecule has 3 aromatic rings. The molecular formula is C35H42BrN2O2+. The molecule has 0 saturated carbocycles. The Labute approximate surface area is 246 Å². The van der Waals surface area contributed by atoms with Crippen molar-refractivity contribution in [2.24, 2.45) is 0 Å². The van der Waals surface area contributed by atoms with Crippen molar-refractivity contribution < 1.29 is 4.58 Å². The molecule has 210 valence electrons. The van der Waals surface area contributed by atoms with Gasteiger partial charge in [-0.1, -0.05) is 74.7 Å². The molecule has 2 aliphatic rings. The maximum atomic E-state index is 13.6. The summed E-state index contributed by atoms with van der Waals surface area (Å²) in [6, 6.07) is 14.9. The minimum Gasteiger partial charge on any atom is -0.364 e. The third kappa shape index (κ3) is 4.64. The number of benzene rings is 2. The highest BCUT2D eigenvalue weighted by Crippen LogP contribution is 2.45. The zero-order chi connectivity index (χ0) is 28.8. The van der Waals surface area contributed by atoms with Crippen molar-refractivity contribution in [1.82, 2.24) is 0 Å². The molecule has 0 spiro atoms. The van der Waals surface area contributed by atoms with Gasteiger partial charge in [0.15, 0.2) is 5.71 Å². The van der Waals surface area contributed by atoms with Crippen LogP contribution in [0.1, 0.15) is 84.8 Å². The second-order valence-electron chi connectivity index (χ2n) is 12.6. The number of para-hydroxylation sites is 1. The second-order valence-corrected chi connectivity index (χ2v) is 13.5. The molecule has 0 radical (unpaired) electrons. The third-order valence-corrected chi connectivity index (χ3v) is 9.61. The molecule has 1 unspecified atom stereocenters. The van der Waals surface area contributed by atoms with Gasteiger partial charge in [0.2, 0.25) is 16.5 Å². The Morgan fingerprint density at radius 3 is 2.33 bits per heavy atom. The predicted octanol–water partition coefficient (Wildman–Crippen LogP) is 5.84. The summed E-state index contributed by atoms with van der Waals surface area (Å²) in [5.74, 6) is 0. The monoisotopic (exact) mass is 601 g/mol. The molecule has 5 heteroatoms. The van der Waals surface area contributed by atoms with E-state index < -0.39 is 0 Å². The quantitative estimate of drug-likeness (QED) is 0.228. The van der Waals surface area contributed by atoms with Gasteiger partial charge in [-0.25, -0.2) is 0 Å². The van der Waals surface area contributed by atoms with Crippen LogP contribution in [0.15, 0.2) is 56.5 Å². The molecule has 1 atom stereocenters. The zero-order valence-electron chi connectivity index (χ0n) is 24.8. The van der Waals surface area contributed by atoms with Gasteiger partial charge < -0.3 is 4.90 Å². The molecule has 2 aliphatic heterocycles. The van der Waals surface area contributed by atoms with Crippen LogP contribution < -0.4 is 26.2 Å². The van der Waals surface area contributed by atoms with Crippen molar-refractivity contribution in [2.45, 2.75) is 90.5 Å². The first-order valence-corrected chi connectivity index (χ1v) is 15.7. The average Bonchev–Trinajstić information content (AvgIpc) is 3.26. The minimum absolute atomic E-state index is 0.0402. The van der Waals surface area contributed by atoms with Gasteiger partial charge in [-0.3, -0.25) is 9.59 Å². The lowest BCUT2D eigenvalue weighted by molar-refractivity contribution is -0.437. The zero-order valence-corrected chi connectivity index (χ0v) is 26.4. The molecular weight excluding hydrogens is 560 g/mol. The minimum atomic E-state index is -0.316. The standard InChI is InChI=1S/C35H42BrN2O2/c1-7-9-10-13-19-38-29-17-16-23(36)20-27(29)35(5,6)31(38)22-25-32(39)24(33(25)40)21-30-34(3,4)26-14-11-12-15-28(26)37(30)18-8-2/h11-12,14-17,20-22,30H,7-10,13,18-19H2,1-6H3/q+1. The molecule has 2 heterocycles. The fourth-order valence-electron chi connectivity index (χ4n) is 6.82. The summed E-state index contributed by atoms with van der Waals surface area (Å²) in [5, 5.41) is 0.652. The van der Waals surface area contributed by atoms with E-state index in [9.17, 15) is 9.59 Å². The average molecular weight is 603 g/mol. The van der Waals surface area contributed by atoms with Crippen molar-refractivity contribution in [3.8, 4) is 0 Å². The highest BCUT2D eigenvalue weighted by atomic mass is 79.9. The molecule has 0 N–H and O–H groups in total. The molecule has 0 bridgehead atoms. The fraction of sp³-hybridized carbons (Fsp3) is 0.457. The van der Waals surface area contributed by atoms with Gasteiger partial charge in [-0.05, 0) is 56.5 Å². The number of hydrogen-bond donors (Lipinski definition) is 0. The summed E-state index contributed by atoms with van der Waals surface area (Å²) in [6.45, 7) is 15.0. The molecule has 40 heavy (non-hydrogen) atoms. The van der Waals surface area contributed by atoms with Gasteiger partial charge in [-0.2, -0.15) is 4.58 Å². The number of nitrogens with zero attached hydrogens (tertiary/aromatic N) is 2. The van der Waals surface area contributed by atoms with Crippen molar-refractivity contribution in [2.75, 3.05) is 18.0 Å². The van der Waals surface area contributed by atoms with Crippen LogP contribution in [0.3, 0.4) is 0 Å². The van der Waals surface area contributed by atoms with E-state index in [1.54, 1.807) is 0 Å². The Bertz CT molecular complexity index is 1640. The number of halogens is 1. The van der Waals surface area contributed by atoms with Gasteiger partial charge in [0, 0.05) is 46.2 Å². The Morgan fingerprint density at radius 1 is 0.900 bits per heavy atom. The van der Waals surface area contributed by atoms with E-state index in [-0.39, 0.29) is 27.7 Å². The molecule has 0 aliphatic carbocycles. The van der Waals surface area contributed by atoms with Gasteiger partial charge in [-0.15, -0.1) is 0 Å². The Morgan fingerprint density at radius 2 is 1.62 bits per heavy atom. The van der Waals surface area contributed by atoms with Gasteiger partial charge >= 0.3 is 0 Å². The SMILES string of the molecule is CCCCCC[N+]1=C(C=c2c(=O)c(=CC3N(CCC)c4ccccc4C3(C)C)c2=O)C(C)(C)c2cc(Br)ccc21. The first kappa shape index (κ1) is 28.7. The van der Waals surface area contributed by atoms with Crippen LogP contribution in [0.5, 0.6) is 0 Å². The highest BCUT2D eigenvalue weighted by molar-refractivity contribution is 9.10. The molecule has 0 aromatic heterocycles. The topological polar surface area (TPSA) is 40.4 Å². The van der Waals surface area contributed by atoms with Gasteiger partial charge in [0.1, 0.15) is 6.54 Å². The number of fused-ring (bicyclic) bond motifs is 2. The van der Waals surface area contributed by atoms with Gasteiger partial charge in [0.25, 0.3) is 0 Å². The summed E-state index contributed by atoms with van der Waals surface area (Å²) >= 11 is 3.65. The first-order valence-electron chi connectivity index (χ1n) is 14.9. The van der Waals surface area contributed by atoms with Crippen LogP contribution in [0.25, 0.3) is 12.2 Å². The highest BCUT2D eigenvalue weighted by Gasteiger charge is 2.45. The number of hydrogen-bond acceptors (Lipinski definition) is 3. The molecule has 0 saturated heterocycles. The Balaban J connectivity index is 1.60. The van der Waals surface area contributed by atoms with E-state index in [2.05, 4.69) is 109 Å². The van der Waals surface area contributed by atoms with Crippen LogP contribution in [0, 0.1) is 0 Å². The first-order chi connectivity index (χ1) is 19.0. The summed E-state index contributed by atoms with van der Waals surface area (Å²) in [7, 11) is 0. The van der Waals surface area contributed by atoms with Crippen molar-refractivity contribution >= 4 is 45.2 Å². The Hall–Kier alpha value is -2.79. The molecule has 0 fully saturated rings. The summed E-state index contributed by atoms with van der Waals surface area (Å²) in [4.78, 5) is 29.6. The van der Waals surface area contributed by atoms with Crippen molar-refractivity contribution in [3.63, 3.8) is 0 Å². The molecule has 0 amide bonds. The van der Waals surface area contributed by atoms with E-state index in [0.717, 1.165) is 36.1 Å². The summed E-state index contributed by atoms with van der Waals surface area (Å²) < 4.78 is 3.38. The largest absolute Gasteiger partial charge is 0.364 e. The molecule has 5 rings (SSSR count). The maximum absolute atomic E-state index is 13.6. The second kappa shape index (κ2) is 10.9. The van der Waals surface area contributed by atoms with E-state index in [0.29, 0.717) is 10.4 Å². The number of unbranched alkanes of at least 4 members (excludes halogenated alkanes) is 3. The Kier molecular flexibility index (Phi) is 7.82. The van der Waals surface area contributed by atoms with Crippen LogP contribution >= 0.6 is 15.9 Å². The summed E-state index contributed by atoms with van der Waals surface area (Å²) in [6.07, 6.45) is 9.49. The predicted molar refractivity (Wildman–Crippen MR) is 172 cm³/mol. The molecule has 3 aromatic carbocycles. The van der Waals surface area contributed by atoms with Crippen LogP contribution in [0.4, 0.5) is 11.4 Å². The summed E-state index contributed by atoms with van der Waals surface area (Å²) in [5.41, 5.74) is 5.14. The smallest absolute Gasteiger partial charge is 0.209 e. The van der Waals surface area contributed by atoms with E-state index >= 15 is 0 Å². The maximum Gasteiger partial charge on any atom is 0.209 e. The van der Waals surface area contributed by atoms with Crippen LogP contribution in [-0.4, -0.2) is 29.4 Å². The lowest BCUT2D eigenvalue weighted by atomic mass is 9.79. The van der Waals surface area contributed by atoms with Crippen LogP contribution in [0.2, 0.25) is 0 Å². The number of anilines is 1. The third-order valence-electron chi connectivity index (χ3n) is 9.12. The lowest BCUT2D eigenvalue weighted by Gasteiger charge is -2.32. The van der Waals surface area contributed by atoms with Crippen molar-refractivity contribution in [1.29, 1.82) is 0 Å². The lowest BCUT2D eigenvalue weighted by Crippen LogP contribution is -2.66. The van der Waals surface area contributed by atoms with Gasteiger partial charge in [0.05, 0.1) is 21.9 Å². The normalized spacial score (nSPS) is 18.8. The van der Waals surface area contributed by atoms with E-state index in [4.69, 9.17) is 0 Å². The number of rotatable bonds is 9. The fourth-order valence-corrected chi connectivity index (χ4v) is 7.18. The van der Waals surface area contributed by atoms with Crippen molar-refractivity contribution in [3.05, 3.63) is 88.9 Å². The van der Waals surface area contributed by atoms with Crippen LogP contribution in [-0.2, 0) is 10.8 Å².